The summed E-state index contributed by atoms with van der Waals surface area (Å²) in [6.45, 7) is 2.31. The second-order valence-electron chi connectivity index (χ2n) is 6.03. The maximum atomic E-state index is 13.8. The summed E-state index contributed by atoms with van der Waals surface area (Å²) in [7, 11) is 0. The first-order chi connectivity index (χ1) is 13.4. The molecule has 1 aromatic heterocycles. The van der Waals surface area contributed by atoms with Gasteiger partial charge in [0.25, 0.3) is 5.56 Å². The van der Waals surface area contributed by atoms with Gasteiger partial charge in [-0.05, 0) is 49.4 Å². The molecular weight excluding hydrogens is 449 g/mol. The van der Waals surface area contributed by atoms with Gasteiger partial charge in [-0.3, -0.25) is 9.59 Å². The Hall–Kier alpha value is -2.51. The molecule has 1 N–H and O–H groups in total. The van der Waals surface area contributed by atoms with Crippen LogP contribution in [0.1, 0.15) is 18.3 Å². The molecule has 0 aliphatic carbocycles. The van der Waals surface area contributed by atoms with Crippen LogP contribution in [-0.4, -0.2) is 27.3 Å². The molecule has 28 heavy (non-hydrogen) atoms. The molecule has 0 spiro atoms. The van der Waals surface area contributed by atoms with E-state index in [2.05, 4.69) is 25.9 Å². The summed E-state index contributed by atoms with van der Waals surface area (Å²) in [6, 6.07) is 9.31. The van der Waals surface area contributed by atoms with Crippen molar-refractivity contribution in [2.45, 2.75) is 13.5 Å². The quantitative estimate of drug-likeness (QED) is 0.564. The number of rotatable bonds is 5. The Labute approximate surface area is 174 Å². The number of fused-ring (bicyclic) bond motifs is 1. The van der Waals surface area contributed by atoms with Gasteiger partial charge < -0.3 is 9.88 Å². The Morgan fingerprint density at radius 1 is 1.32 bits per heavy atom. The summed E-state index contributed by atoms with van der Waals surface area (Å²) in [5, 5.41) is 0.895. The van der Waals surface area contributed by atoms with Gasteiger partial charge in [0.05, 0.1) is 17.4 Å². The highest BCUT2D eigenvalue weighted by molar-refractivity contribution is 9.10. The van der Waals surface area contributed by atoms with Crippen molar-refractivity contribution in [3.05, 3.63) is 79.5 Å². The number of likely N-dealkylation sites (N-methyl/N-ethyl adjacent to an activating group) is 1. The number of aromatic amines is 1. The fraction of sp³-hybridized carbons (Fsp3) is 0.150. The number of nitrogens with one attached hydrogen (secondary N) is 1. The zero-order valence-corrected chi connectivity index (χ0v) is 17.2. The average Bonchev–Trinajstić information content (AvgIpc) is 2.66. The highest BCUT2D eigenvalue weighted by Crippen LogP contribution is 2.17. The van der Waals surface area contributed by atoms with Crippen molar-refractivity contribution in [2.75, 3.05) is 6.54 Å². The zero-order chi connectivity index (χ0) is 20.3. The highest BCUT2D eigenvalue weighted by atomic mass is 79.9. The molecular formula is C20H16BrClFN3O2. The van der Waals surface area contributed by atoms with Gasteiger partial charge in [0.2, 0.25) is 5.91 Å². The Balaban J connectivity index is 1.82. The van der Waals surface area contributed by atoms with Crippen LogP contribution < -0.4 is 5.56 Å². The van der Waals surface area contributed by atoms with Gasteiger partial charge in [-0.2, -0.15) is 0 Å². The molecule has 0 atom stereocenters. The number of H-pyrrole nitrogens is 1. The number of benzene rings is 2. The van der Waals surface area contributed by atoms with E-state index in [0.717, 1.165) is 0 Å². The minimum Gasteiger partial charge on any atom is -0.332 e. The summed E-state index contributed by atoms with van der Waals surface area (Å²) in [5.74, 6) is -0.402. The Morgan fingerprint density at radius 2 is 2.11 bits per heavy atom. The molecule has 0 saturated heterocycles. The van der Waals surface area contributed by atoms with Crippen molar-refractivity contribution in [3.63, 3.8) is 0 Å². The molecule has 0 aliphatic heterocycles. The van der Waals surface area contributed by atoms with Crippen LogP contribution in [0, 0.1) is 5.82 Å². The van der Waals surface area contributed by atoms with Crippen LogP contribution >= 0.6 is 27.5 Å². The third kappa shape index (κ3) is 4.66. The SMILES string of the molecule is CCN(Cc1nc2cc(Cl)ccc2c(=O)[nH]1)C(=O)C=Cc1cc(Br)ccc1F. The first-order valence-corrected chi connectivity index (χ1v) is 9.65. The molecule has 144 valence electrons. The molecule has 0 fully saturated rings. The summed E-state index contributed by atoms with van der Waals surface area (Å²) in [5.41, 5.74) is 0.457. The fourth-order valence-electron chi connectivity index (χ4n) is 2.67. The van der Waals surface area contributed by atoms with E-state index in [-0.39, 0.29) is 18.0 Å². The topological polar surface area (TPSA) is 66.1 Å². The number of amides is 1. The molecule has 1 heterocycles. The third-order valence-corrected chi connectivity index (χ3v) is 4.84. The summed E-state index contributed by atoms with van der Waals surface area (Å²) in [4.78, 5) is 33.3. The van der Waals surface area contributed by atoms with E-state index >= 15 is 0 Å². The van der Waals surface area contributed by atoms with Gasteiger partial charge in [-0.25, -0.2) is 9.37 Å². The molecule has 2 aromatic carbocycles. The lowest BCUT2D eigenvalue weighted by Crippen LogP contribution is -2.30. The number of aromatic nitrogens is 2. The first-order valence-electron chi connectivity index (χ1n) is 8.48. The average molecular weight is 465 g/mol. The lowest BCUT2D eigenvalue weighted by Gasteiger charge is -2.18. The third-order valence-electron chi connectivity index (χ3n) is 4.12. The standard InChI is InChI=1S/C20H16BrClFN3O2/c1-2-26(19(27)8-3-12-9-13(21)4-7-16(12)23)11-18-24-17-10-14(22)5-6-15(17)20(28)25-18/h3-10H,2,11H2,1H3,(H,24,25,28). The van der Waals surface area contributed by atoms with Crippen LogP contribution in [0.2, 0.25) is 5.02 Å². The normalized spacial score (nSPS) is 11.3. The van der Waals surface area contributed by atoms with Crippen LogP contribution in [0.25, 0.3) is 17.0 Å². The summed E-state index contributed by atoms with van der Waals surface area (Å²) >= 11 is 9.24. The molecule has 3 rings (SSSR count). The van der Waals surface area contributed by atoms with Gasteiger partial charge in [-0.15, -0.1) is 0 Å². The van der Waals surface area contributed by atoms with Gasteiger partial charge in [0.1, 0.15) is 11.6 Å². The smallest absolute Gasteiger partial charge is 0.258 e. The van der Waals surface area contributed by atoms with E-state index in [1.54, 1.807) is 37.3 Å². The second kappa shape index (κ2) is 8.67. The van der Waals surface area contributed by atoms with Crippen molar-refractivity contribution >= 4 is 50.4 Å². The largest absolute Gasteiger partial charge is 0.332 e. The number of hydrogen-bond acceptors (Lipinski definition) is 3. The van der Waals surface area contributed by atoms with E-state index in [1.807, 2.05) is 0 Å². The van der Waals surface area contributed by atoms with E-state index in [9.17, 15) is 14.0 Å². The predicted octanol–water partition coefficient (Wildman–Crippen LogP) is 4.54. The molecule has 5 nitrogen and oxygen atoms in total. The van der Waals surface area contributed by atoms with E-state index in [1.165, 1.54) is 23.1 Å². The van der Waals surface area contributed by atoms with Crippen molar-refractivity contribution in [2.24, 2.45) is 0 Å². The lowest BCUT2D eigenvalue weighted by atomic mass is 10.2. The predicted molar refractivity (Wildman–Crippen MR) is 112 cm³/mol. The lowest BCUT2D eigenvalue weighted by molar-refractivity contribution is -0.126. The van der Waals surface area contributed by atoms with Crippen molar-refractivity contribution in [1.82, 2.24) is 14.9 Å². The van der Waals surface area contributed by atoms with Crippen LogP contribution in [0.4, 0.5) is 4.39 Å². The van der Waals surface area contributed by atoms with E-state index in [4.69, 9.17) is 11.6 Å². The molecule has 0 radical (unpaired) electrons. The molecule has 0 saturated carbocycles. The van der Waals surface area contributed by atoms with Crippen LogP contribution in [0.15, 0.2) is 51.7 Å². The van der Waals surface area contributed by atoms with Gasteiger partial charge in [0, 0.05) is 27.7 Å². The van der Waals surface area contributed by atoms with Crippen LogP contribution in [-0.2, 0) is 11.3 Å². The monoisotopic (exact) mass is 463 g/mol. The van der Waals surface area contributed by atoms with Crippen molar-refractivity contribution < 1.29 is 9.18 Å². The van der Waals surface area contributed by atoms with E-state index < -0.39 is 5.82 Å². The maximum Gasteiger partial charge on any atom is 0.258 e. The van der Waals surface area contributed by atoms with Crippen molar-refractivity contribution in [3.8, 4) is 0 Å². The molecule has 0 bridgehead atoms. The number of carbonyl (C=O) groups excluding carboxylic acids is 1. The first kappa shape index (κ1) is 20.2. The van der Waals surface area contributed by atoms with Gasteiger partial charge in [0.15, 0.2) is 0 Å². The Morgan fingerprint density at radius 3 is 2.86 bits per heavy atom. The molecule has 3 aromatic rings. The number of carbonyl (C=O) groups is 1. The number of halogens is 3. The maximum absolute atomic E-state index is 13.8. The molecule has 0 aliphatic rings. The van der Waals surface area contributed by atoms with Gasteiger partial charge >= 0.3 is 0 Å². The second-order valence-corrected chi connectivity index (χ2v) is 7.38. The van der Waals surface area contributed by atoms with Gasteiger partial charge in [-0.1, -0.05) is 27.5 Å². The summed E-state index contributed by atoms with van der Waals surface area (Å²) in [6.07, 6.45) is 2.71. The number of nitrogens with zero attached hydrogens (tertiary/aromatic N) is 2. The zero-order valence-electron chi connectivity index (χ0n) is 14.9. The summed E-state index contributed by atoms with van der Waals surface area (Å²) < 4.78 is 14.5. The molecule has 0 unspecified atom stereocenters. The van der Waals surface area contributed by atoms with Crippen LogP contribution in [0.5, 0.6) is 0 Å². The Bertz CT molecular complexity index is 1130. The van der Waals surface area contributed by atoms with Crippen molar-refractivity contribution in [1.29, 1.82) is 0 Å². The number of hydrogen-bond donors (Lipinski definition) is 1. The van der Waals surface area contributed by atoms with E-state index in [0.29, 0.717) is 38.3 Å². The minimum absolute atomic E-state index is 0.109. The highest BCUT2D eigenvalue weighted by Gasteiger charge is 2.13. The molecule has 8 heteroatoms. The minimum atomic E-state index is -0.423. The fourth-order valence-corrected chi connectivity index (χ4v) is 3.22. The van der Waals surface area contributed by atoms with Crippen LogP contribution in [0.3, 0.4) is 0 Å². The molecule has 1 amide bonds. The Kier molecular flexibility index (Phi) is 6.26.